The maximum atomic E-state index is 13.4. The highest BCUT2D eigenvalue weighted by atomic mass is 19.4. The number of amides is 1. The third-order valence-corrected chi connectivity index (χ3v) is 4.19. The number of carbonyl (C=O) groups excluding carboxylic acids is 1. The molecule has 23 heavy (non-hydrogen) atoms. The van der Waals surface area contributed by atoms with Crippen LogP contribution in [0.15, 0.2) is 42.0 Å². The van der Waals surface area contributed by atoms with Gasteiger partial charge in [-0.05, 0) is 18.1 Å². The first-order chi connectivity index (χ1) is 10.8. The second-order valence-electron chi connectivity index (χ2n) is 5.91. The molecule has 2 aliphatic heterocycles. The van der Waals surface area contributed by atoms with E-state index in [2.05, 4.69) is 0 Å². The Morgan fingerprint density at radius 1 is 1.26 bits per heavy atom. The quantitative estimate of drug-likeness (QED) is 0.794. The summed E-state index contributed by atoms with van der Waals surface area (Å²) in [6.45, 7) is 0.241. The summed E-state index contributed by atoms with van der Waals surface area (Å²) in [4.78, 5) is 15.1. The smallest absolute Gasteiger partial charge is 0.355 e. The van der Waals surface area contributed by atoms with Gasteiger partial charge in [0.1, 0.15) is 6.04 Å². The number of nitrogens with zero attached hydrogens (tertiary/aromatic N) is 2. The maximum Gasteiger partial charge on any atom is 0.412 e. The van der Waals surface area contributed by atoms with Gasteiger partial charge in [0, 0.05) is 26.2 Å². The van der Waals surface area contributed by atoms with Crippen molar-refractivity contribution in [2.75, 3.05) is 20.6 Å². The number of benzene rings is 1. The first kappa shape index (κ1) is 15.6. The van der Waals surface area contributed by atoms with Gasteiger partial charge in [-0.15, -0.1) is 0 Å². The number of alkyl halides is 3. The number of hydrogen-bond donors (Lipinski definition) is 0. The van der Waals surface area contributed by atoms with Crippen LogP contribution in [0.4, 0.5) is 13.2 Å². The molecule has 0 aliphatic carbocycles. The summed E-state index contributed by atoms with van der Waals surface area (Å²) in [5.74, 6) is -0.293. The van der Waals surface area contributed by atoms with E-state index < -0.39 is 12.2 Å². The van der Waals surface area contributed by atoms with Crippen LogP contribution in [0.25, 0.3) is 5.70 Å². The first-order valence-corrected chi connectivity index (χ1v) is 7.36. The lowest BCUT2D eigenvalue weighted by Gasteiger charge is -2.42. The van der Waals surface area contributed by atoms with Crippen molar-refractivity contribution < 1.29 is 18.0 Å². The Morgan fingerprint density at radius 2 is 1.96 bits per heavy atom. The highest BCUT2D eigenvalue weighted by molar-refractivity contribution is 6.04. The van der Waals surface area contributed by atoms with Gasteiger partial charge in [0.25, 0.3) is 5.91 Å². The van der Waals surface area contributed by atoms with Crippen LogP contribution < -0.4 is 0 Å². The van der Waals surface area contributed by atoms with Crippen molar-refractivity contribution in [3.8, 4) is 0 Å². The van der Waals surface area contributed by atoms with Crippen molar-refractivity contribution in [3.63, 3.8) is 0 Å². The number of fused-ring (bicyclic) bond motifs is 3. The molecule has 0 bridgehead atoms. The summed E-state index contributed by atoms with van der Waals surface area (Å²) < 4.78 is 40.1. The van der Waals surface area contributed by atoms with E-state index in [1.165, 1.54) is 15.9 Å². The predicted octanol–water partition coefficient (Wildman–Crippen LogP) is 2.84. The van der Waals surface area contributed by atoms with Crippen LogP contribution in [-0.2, 0) is 11.2 Å². The van der Waals surface area contributed by atoms with Crippen LogP contribution in [0.2, 0.25) is 0 Å². The Kier molecular flexibility index (Phi) is 3.70. The standard InChI is InChI=1S/C17H17F3N2O/c1-21(2)16(23)13-7-8-14(17(18,19)20)22-10-9-11-5-3-4-6-12(11)15(13)22/h3-8,14H,9-10H2,1-2H3. The molecular formula is C17H17F3N2O. The number of rotatable bonds is 1. The van der Waals surface area contributed by atoms with Crippen LogP contribution in [0, 0.1) is 0 Å². The molecular weight excluding hydrogens is 305 g/mol. The molecule has 6 heteroatoms. The van der Waals surface area contributed by atoms with Gasteiger partial charge in [0.2, 0.25) is 0 Å². The monoisotopic (exact) mass is 322 g/mol. The molecule has 2 aliphatic rings. The average molecular weight is 322 g/mol. The van der Waals surface area contributed by atoms with E-state index in [-0.39, 0.29) is 12.5 Å². The van der Waals surface area contributed by atoms with Crippen LogP contribution in [0.5, 0.6) is 0 Å². The fourth-order valence-corrected chi connectivity index (χ4v) is 3.12. The summed E-state index contributed by atoms with van der Waals surface area (Å²) in [6, 6.07) is 5.64. The molecule has 1 atom stereocenters. The van der Waals surface area contributed by atoms with Gasteiger partial charge in [-0.25, -0.2) is 0 Å². The van der Waals surface area contributed by atoms with E-state index in [0.29, 0.717) is 23.3 Å². The summed E-state index contributed by atoms with van der Waals surface area (Å²) in [5, 5.41) is 0. The molecule has 122 valence electrons. The van der Waals surface area contributed by atoms with E-state index in [9.17, 15) is 18.0 Å². The molecule has 0 fully saturated rings. The zero-order valence-electron chi connectivity index (χ0n) is 12.9. The number of carbonyl (C=O) groups is 1. The van der Waals surface area contributed by atoms with E-state index in [4.69, 9.17) is 0 Å². The largest absolute Gasteiger partial charge is 0.412 e. The Morgan fingerprint density at radius 3 is 2.61 bits per heavy atom. The summed E-state index contributed by atoms with van der Waals surface area (Å²) in [7, 11) is 3.19. The minimum absolute atomic E-state index is 0.241. The molecule has 0 aromatic heterocycles. The molecule has 0 saturated carbocycles. The average Bonchev–Trinajstić information content (AvgIpc) is 2.51. The molecule has 3 nitrogen and oxygen atoms in total. The van der Waals surface area contributed by atoms with Crippen molar-refractivity contribution in [1.82, 2.24) is 9.80 Å². The lowest BCUT2D eigenvalue weighted by atomic mass is 9.89. The summed E-state index contributed by atoms with van der Waals surface area (Å²) in [6.07, 6.45) is -1.45. The second kappa shape index (κ2) is 5.44. The molecule has 1 aromatic carbocycles. The van der Waals surface area contributed by atoms with Crippen molar-refractivity contribution in [3.05, 3.63) is 53.1 Å². The third-order valence-electron chi connectivity index (χ3n) is 4.19. The van der Waals surface area contributed by atoms with Crippen LogP contribution in [0.1, 0.15) is 11.1 Å². The van der Waals surface area contributed by atoms with Crippen molar-refractivity contribution in [2.24, 2.45) is 0 Å². The Labute approximate surface area is 132 Å². The molecule has 1 unspecified atom stereocenters. The van der Waals surface area contributed by atoms with E-state index in [0.717, 1.165) is 11.6 Å². The Balaban J connectivity index is 2.19. The van der Waals surface area contributed by atoms with E-state index in [1.807, 2.05) is 12.1 Å². The Hall–Kier alpha value is -2.24. The summed E-state index contributed by atoms with van der Waals surface area (Å²) in [5.41, 5.74) is 2.37. The molecule has 0 N–H and O–H groups in total. The van der Waals surface area contributed by atoms with E-state index >= 15 is 0 Å². The van der Waals surface area contributed by atoms with Gasteiger partial charge in [-0.2, -0.15) is 13.2 Å². The van der Waals surface area contributed by atoms with Gasteiger partial charge in [-0.3, -0.25) is 4.79 Å². The van der Waals surface area contributed by atoms with Gasteiger partial charge >= 0.3 is 6.18 Å². The van der Waals surface area contributed by atoms with E-state index in [1.54, 1.807) is 26.2 Å². The summed E-state index contributed by atoms with van der Waals surface area (Å²) >= 11 is 0. The first-order valence-electron chi connectivity index (χ1n) is 7.36. The number of hydrogen-bond acceptors (Lipinski definition) is 2. The second-order valence-corrected chi connectivity index (χ2v) is 5.91. The molecule has 0 spiro atoms. The normalized spacial score (nSPS) is 20.2. The fraction of sp³-hybridized carbons (Fsp3) is 0.353. The van der Waals surface area contributed by atoms with Crippen molar-refractivity contribution in [1.29, 1.82) is 0 Å². The third kappa shape index (κ3) is 2.62. The molecule has 1 amide bonds. The predicted molar refractivity (Wildman–Crippen MR) is 81.4 cm³/mol. The number of halogens is 3. The lowest BCUT2D eigenvalue weighted by molar-refractivity contribution is -0.163. The minimum Gasteiger partial charge on any atom is -0.355 e. The number of likely N-dealkylation sites (N-methyl/N-ethyl adjacent to an activating group) is 1. The van der Waals surface area contributed by atoms with Crippen molar-refractivity contribution >= 4 is 11.6 Å². The van der Waals surface area contributed by atoms with Crippen LogP contribution in [-0.4, -0.2) is 48.6 Å². The highest BCUT2D eigenvalue weighted by Gasteiger charge is 2.46. The highest BCUT2D eigenvalue weighted by Crippen LogP contribution is 2.40. The molecule has 3 rings (SSSR count). The van der Waals surface area contributed by atoms with Gasteiger partial charge < -0.3 is 9.80 Å². The zero-order valence-corrected chi connectivity index (χ0v) is 12.9. The Bertz CT molecular complexity index is 704. The molecule has 1 aromatic rings. The van der Waals surface area contributed by atoms with Crippen molar-refractivity contribution in [2.45, 2.75) is 18.6 Å². The van der Waals surface area contributed by atoms with Gasteiger partial charge in [0.05, 0.1) is 11.3 Å². The SMILES string of the molecule is CN(C)C(=O)C1=C2c3ccccc3CCN2C(C(F)(F)F)C=C1. The minimum atomic E-state index is -4.37. The molecule has 0 radical (unpaired) electrons. The fourth-order valence-electron chi connectivity index (χ4n) is 3.12. The zero-order chi connectivity index (χ0) is 16.8. The lowest BCUT2D eigenvalue weighted by Crippen LogP contribution is -2.48. The van der Waals surface area contributed by atoms with Crippen LogP contribution in [0.3, 0.4) is 0 Å². The van der Waals surface area contributed by atoms with Crippen LogP contribution >= 0.6 is 0 Å². The van der Waals surface area contributed by atoms with Gasteiger partial charge in [-0.1, -0.05) is 30.3 Å². The molecule has 0 saturated heterocycles. The topological polar surface area (TPSA) is 23.6 Å². The molecule has 2 heterocycles. The maximum absolute atomic E-state index is 13.4. The van der Waals surface area contributed by atoms with Gasteiger partial charge in [0.15, 0.2) is 0 Å².